The topological polar surface area (TPSA) is 46.2 Å². The molecule has 0 unspecified atom stereocenters. The second-order valence-electron chi connectivity index (χ2n) is 2.98. The number of hydrogen-bond donors (Lipinski definition) is 0. The number of benzene rings is 1. The third-order valence-electron chi connectivity index (χ3n) is 2.19. The third-order valence-corrected chi connectivity index (χ3v) is 2.92. The average molecular weight is 358 g/mol. The van der Waals surface area contributed by atoms with E-state index in [0.717, 1.165) is 0 Å². The van der Waals surface area contributed by atoms with Crippen molar-refractivity contribution in [1.82, 2.24) is 0 Å². The molecule has 0 aliphatic rings. The molecule has 0 fully saturated rings. The Morgan fingerprint density at radius 2 is 1.17 bits per heavy atom. The van der Waals surface area contributed by atoms with E-state index in [-0.39, 0.29) is 29.6 Å². The van der Waals surface area contributed by atoms with Crippen LogP contribution in [0.3, 0.4) is 0 Å². The van der Waals surface area contributed by atoms with Gasteiger partial charge in [-0.1, -0.05) is 0 Å². The van der Waals surface area contributed by atoms with E-state index in [1.54, 1.807) is 6.92 Å². The Bertz CT molecular complexity index is 427. The highest BCUT2D eigenvalue weighted by atomic mass is 35.5. The Morgan fingerprint density at radius 1 is 0.722 bits per heavy atom. The summed E-state index contributed by atoms with van der Waals surface area (Å²) in [6, 6.07) is 0. The first-order chi connectivity index (χ1) is 8.65. The van der Waals surface area contributed by atoms with Gasteiger partial charge in [-0.3, -0.25) is 4.29 Å². The Kier molecular flexibility index (Phi) is 6.55. The molecule has 0 aliphatic carbocycles. The van der Waals surface area contributed by atoms with Gasteiger partial charge < -0.3 is 17.2 Å². The second kappa shape index (κ2) is 7.43. The highest BCUT2D eigenvalue weighted by Gasteiger charge is 2.28. The van der Waals surface area contributed by atoms with E-state index >= 15 is 0 Å². The van der Waals surface area contributed by atoms with Crippen molar-refractivity contribution in [3.8, 4) is 23.0 Å². The number of rotatable bonds is 6. The molecule has 1 rings (SSSR count). The molecular weight excluding hydrogens is 353 g/mol. The van der Waals surface area contributed by atoms with Gasteiger partial charge in [0.2, 0.25) is 17.2 Å². The van der Waals surface area contributed by atoms with Crippen LogP contribution in [0.1, 0.15) is 11.1 Å². The van der Waals surface area contributed by atoms with Gasteiger partial charge in [0, 0.05) is 11.1 Å². The monoisotopic (exact) mass is 356 g/mol. The van der Waals surface area contributed by atoms with Crippen molar-refractivity contribution in [2.75, 3.05) is 0 Å². The molecule has 0 radical (unpaired) electrons. The minimum atomic E-state index is -0.133. The van der Waals surface area contributed by atoms with E-state index in [4.69, 9.17) is 59.3 Å². The minimum Gasteiger partial charge on any atom is -0.381 e. The largest absolute Gasteiger partial charge is 0.381 e. The number of halogens is 5. The van der Waals surface area contributed by atoms with Gasteiger partial charge in [0.25, 0.3) is 0 Å². The van der Waals surface area contributed by atoms with Crippen molar-refractivity contribution in [3.63, 3.8) is 0 Å². The van der Waals surface area contributed by atoms with Crippen LogP contribution in [0, 0.1) is 6.92 Å². The van der Waals surface area contributed by atoms with Crippen molar-refractivity contribution in [2.24, 2.45) is 0 Å². The fourth-order valence-corrected chi connectivity index (χ4v) is 2.10. The summed E-state index contributed by atoms with van der Waals surface area (Å²) >= 11 is 26.5. The standard InChI is InChI=1S/C8H5Cl5O5/c1-3-4(2-14-9)6(16-11)8(18-13)7(17-12)5(3)15-10/h2H2,1H3. The van der Waals surface area contributed by atoms with Gasteiger partial charge in [-0.25, -0.2) is 0 Å². The van der Waals surface area contributed by atoms with Crippen LogP contribution in [0.4, 0.5) is 0 Å². The summed E-state index contributed by atoms with van der Waals surface area (Å²) in [6.07, 6.45) is 0. The lowest BCUT2D eigenvalue weighted by molar-refractivity contribution is 0.332. The molecule has 0 saturated heterocycles. The molecule has 0 bridgehead atoms. The molecule has 102 valence electrons. The quantitative estimate of drug-likeness (QED) is 0.731. The van der Waals surface area contributed by atoms with E-state index in [9.17, 15) is 0 Å². The van der Waals surface area contributed by atoms with Crippen LogP contribution in [0.2, 0.25) is 0 Å². The van der Waals surface area contributed by atoms with Gasteiger partial charge in [0.15, 0.2) is 5.75 Å². The zero-order valence-corrected chi connectivity index (χ0v) is 12.4. The lowest BCUT2D eigenvalue weighted by Crippen LogP contribution is -2.00. The predicted octanol–water partition coefficient (Wildman–Crippen LogP) is 4.80. The Hall–Kier alpha value is -0.170. The van der Waals surface area contributed by atoms with Gasteiger partial charge in [-0.15, -0.1) is 0 Å². The molecule has 1 aromatic carbocycles. The molecule has 10 heteroatoms. The van der Waals surface area contributed by atoms with Crippen LogP contribution in [0.5, 0.6) is 23.0 Å². The zero-order valence-electron chi connectivity index (χ0n) is 8.64. The van der Waals surface area contributed by atoms with Gasteiger partial charge in [-0.05, 0) is 6.92 Å². The van der Waals surface area contributed by atoms with Crippen molar-refractivity contribution >= 4 is 59.3 Å². The summed E-state index contributed by atoms with van der Waals surface area (Å²) in [5, 5.41) is 0. The van der Waals surface area contributed by atoms with E-state index < -0.39 is 0 Å². The SMILES string of the molecule is Cc1c(COCl)c(OCl)c(OCl)c(OCl)c1OCl. The summed E-state index contributed by atoms with van der Waals surface area (Å²) in [7, 11) is 0. The molecule has 0 aliphatic heterocycles. The maximum absolute atomic E-state index is 5.34. The minimum absolute atomic E-state index is 0.0120. The molecule has 0 heterocycles. The molecule has 0 atom stereocenters. The average Bonchev–Trinajstić information content (AvgIpc) is 2.39. The summed E-state index contributed by atoms with van der Waals surface area (Å²) in [5.41, 5.74) is 0.859. The van der Waals surface area contributed by atoms with Crippen molar-refractivity contribution in [2.45, 2.75) is 13.5 Å². The summed E-state index contributed by atoms with van der Waals surface area (Å²) in [4.78, 5) is 0. The van der Waals surface area contributed by atoms with Crippen LogP contribution in [-0.4, -0.2) is 0 Å². The summed E-state index contributed by atoms with van der Waals surface area (Å²) < 4.78 is 22.9. The Labute approximate surface area is 128 Å². The van der Waals surface area contributed by atoms with Crippen molar-refractivity contribution in [3.05, 3.63) is 11.1 Å². The van der Waals surface area contributed by atoms with Crippen LogP contribution in [-0.2, 0) is 10.9 Å². The second-order valence-corrected chi connectivity index (χ2v) is 3.82. The van der Waals surface area contributed by atoms with Crippen LogP contribution >= 0.6 is 59.3 Å². The first kappa shape index (κ1) is 15.9. The van der Waals surface area contributed by atoms with E-state index in [2.05, 4.69) is 21.4 Å². The third kappa shape index (κ3) is 2.87. The predicted molar refractivity (Wildman–Crippen MR) is 67.7 cm³/mol. The lowest BCUT2D eigenvalue weighted by atomic mass is 10.1. The Balaban J connectivity index is 3.61. The molecule has 18 heavy (non-hydrogen) atoms. The normalized spacial score (nSPS) is 10.1. The van der Waals surface area contributed by atoms with Gasteiger partial charge in [-0.2, -0.15) is 0 Å². The first-order valence-corrected chi connectivity index (χ1v) is 5.77. The lowest BCUT2D eigenvalue weighted by Gasteiger charge is -2.16. The van der Waals surface area contributed by atoms with Gasteiger partial charge >= 0.3 is 0 Å². The summed E-state index contributed by atoms with van der Waals surface area (Å²) in [6.45, 7) is 1.55. The van der Waals surface area contributed by atoms with E-state index in [1.165, 1.54) is 0 Å². The zero-order chi connectivity index (χ0) is 13.7. The summed E-state index contributed by atoms with van der Waals surface area (Å²) in [5.74, 6) is -0.166. The maximum Gasteiger partial charge on any atom is 0.238 e. The molecule has 0 spiro atoms. The maximum atomic E-state index is 5.34. The Morgan fingerprint density at radius 3 is 1.56 bits per heavy atom. The molecule has 0 aromatic heterocycles. The van der Waals surface area contributed by atoms with E-state index in [1.807, 2.05) is 0 Å². The molecule has 0 N–H and O–H groups in total. The molecule has 1 aromatic rings. The fraction of sp³-hybridized carbons (Fsp3) is 0.250. The fourth-order valence-electron chi connectivity index (χ4n) is 1.36. The number of hydrogen-bond acceptors (Lipinski definition) is 5. The highest BCUT2D eigenvalue weighted by molar-refractivity contribution is 6.13. The molecule has 5 nitrogen and oxygen atoms in total. The molecular formula is C8H5Cl5O5. The van der Waals surface area contributed by atoms with Gasteiger partial charge in [0.1, 0.15) is 47.5 Å². The first-order valence-electron chi connectivity index (χ1n) is 4.23. The van der Waals surface area contributed by atoms with Crippen molar-refractivity contribution < 1.29 is 21.4 Å². The molecule has 0 amide bonds. The van der Waals surface area contributed by atoms with E-state index in [0.29, 0.717) is 11.1 Å². The smallest absolute Gasteiger partial charge is 0.238 e. The molecule has 0 saturated carbocycles. The highest BCUT2D eigenvalue weighted by Crippen LogP contribution is 2.51. The van der Waals surface area contributed by atoms with Crippen LogP contribution < -0.4 is 17.2 Å². The van der Waals surface area contributed by atoms with Crippen LogP contribution in [0.15, 0.2) is 0 Å². The van der Waals surface area contributed by atoms with Crippen molar-refractivity contribution in [1.29, 1.82) is 0 Å². The van der Waals surface area contributed by atoms with Crippen LogP contribution in [0.25, 0.3) is 0 Å². The van der Waals surface area contributed by atoms with Gasteiger partial charge in [0.05, 0.1) is 18.5 Å².